The van der Waals surface area contributed by atoms with Crippen LogP contribution in [0.15, 0.2) is 24.3 Å². The summed E-state index contributed by atoms with van der Waals surface area (Å²) in [6, 6.07) is 8.22. The van der Waals surface area contributed by atoms with Crippen LogP contribution in [0.5, 0.6) is 0 Å². The molecule has 0 saturated carbocycles. The van der Waals surface area contributed by atoms with Crippen molar-refractivity contribution in [3.8, 4) is 5.69 Å². The van der Waals surface area contributed by atoms with E-state index in [1.54, 1.807) is 0 Å². The standard InChI is InChI=1S/C21H29N3O2/c1-14(2)12-19-20(21(25)22-13-18-6-5-11-26-18)16(4)24(23-19)17-9-7-15(3)8-10-17/h7-10,14,18H,5-6,11-13H2,1-4H3,(H,22,25)/t18-/m0/s1. The van der Waals surface area contributed by atoms with Crippen LogP contribution in [-0.4, -0.2) is 34.9 Å². The maximum Gasteiger partial charge on any atom is 0.255 e. The molecule has 1 fully saturated rings. The minimum Gasteiger partial charge on any atom is -0.376 e. The van der Waals surface area contributed by atoms with E-state index >= 15 is 0 Å². The molecule has 1 aliphatic rings. The molecule has 5 heteroatoms. The molecule has 2 heterocycles. The van der Waals surface area contributed by atoms with Gasteiger partial charge < -0.3 is 10.1 Å². The van der Waals surface area contributed by atoms with Gasteiger partial charge in [-0.1, -0.05) is 31.5 Å². The molecule has 2 aromatic rings. The Labute approximate surface area is 155 Å². The zero-order valence-corrected chi connectivity index (χ0v) is 16.2. The summed E-state index contributed by atoms with van der Waals surface area (Å²) in [5.41, 5.74) is 4.64. The molecule has 0 spiro atoms. The van der Waals surface area contributed by atoms with Crippen LogP contribution in [0.4, 0.5) is 0 Å². The number of aromatic nitrogens is 2. The first kappa shape index (κ1) is 18.6. The fraction of sp³-hybridized carbons (Fsp3) is 0.524. The number of carbonyl (C=O) groups excluding carboxylic acids is 1. The first-order chi connectivity index (χ1) is 12.5. The zero-order chi connectivity index (χ0) is 18.7. The largest absolute Gasteiger partial charge is 0.376 e. The summed E-state index contributed by atoms with van der Waals surface area (Å²) in [5.74, 6) is 0.382. The Kier molecular flexibility index (Phi) is 5.77. The number of amides is 1. The lowest BCUT2D eigenvalue weighted by molar-refractivity contribution is 0.0856. The Morgan fingerprint density at radius 3 is 2.65 bits per heavy atom. The van der Waals surface area contributed by atoms with E-state index in [-0.39, 0.29) is 12.0 Å². The highest BCUT2D eigenvalue weighted by atomic mass is 16.5. The second kappa shape index (κ2) is 8.04. The summed E-state index contributed by atoms with van der Waals surface area (Å²) >= 11 is 0. The van der Waals surface area contributed by atoms with Gasteiger partial charge >= 0.3 is 0 Å². The fourth-order valence-electron chi connectivity index (χ4n) is 3.42. The van der Waals surface area contributed by atoms with Gasteiger partial charge in [-0.05, 0) is 51.2 Å². The van der Waals surface area contributed by atoms with E-state index in [0.29, 0.717) is 18.0 Å². The van der Waals surface area contributed by atoms with Crippen molar-refractivity contribution in [1.29, 1.82) is 0 Å². The van der Waals surface area contributed by atoms with Crippen LogP contribution in [0.2, 0.25) is 0 Å². The highest BCUT2D eigenvalue weighted by molar-refractivity contribution is 5.96. The molecule has 140 valence electrons. The summed E-state index contributed by atoms with van der Waals surface area (Å²) in [5, 5.41) is 7.83. The molecule has 1 aromatic carbocycles. The highest BCUT2D eigenvalue weighted by Crippen LogP contribution is 2.21. The van der Waals surface area contributed by atoms with E-state index in [1.807, 2.05) is 23.7 Å². The Balaban J connectivity index is 1.88. The lowest BCUT2D eigenvalue weighted by Gasteiger charge is -2.12. The number of ether oxygens (including phenoxy) is 1. The first-order valence-electron chi connectivity index (χ1n) is 9.51. The number of benzene rings is 1. The second-order valence-corrected chi connectivity index (χ2v) is 7.60. The van der Waals surface area contributed by atoms with E-state index in [4.69, 9.17) is 9.84 Å². The minimum atomic E-state index is -0.0491. The summed E-state index contributed by atoms with van der Waals surface area (Å²) in [7, 11) is 0. The third kappa shape index (κ3) is 4.15. The number of hydrogen-bond acceptors (Lipinski definition) is 3. The molecular weight excluding hydrogens is 326 g/mol. The Morgan fingerprint density at radius 2 is 2.04 bits per heavy atom. The van der Waals surface area contributed by atoms with Gasteiger partial charge in [0.2, 0.25) is 0 Å². The Bertz CT molecular complexity index is 756. The normalized spacial score (nSPS) is 17.0. The van der Waals surface area contributed by atoms with E-state index in [0.717, 1.165) is 42.9 Å². The van der Waals surface area contributed by atoms with Crippen LogP contribution in [0, 0.1) is 19.8 Å². The molecule has 3 rings (SSSR count). The van der Waals surface area contributed by atoms with E-state index in [1.165, 1.54) is 5.56 Å². The van der Waals surface area contributed by atoms with Crippen molar-refractivity contribution >= 4 is 5.91 Å². The van der Waals surface area contributed by atoms with Crippen molar-refractivity contribution in [2.24, 2.45) is 5.92 Å². The van der Waals surface area contributed by atoms with Crippen LogP contribution in [0.25, 0.3) is 5.69 Å². The van der Waals surface area contributed by atoms with Gasteiger partial charge in [-0.3, -0.25) is 4.79 Å². The lowest BCUT2D eigenvalue weighted by atomic mass is 10.0. The van der Waals surface area contributed by atoms with Crippen molar-refractivity contribution < 1.29 is 9.53 Å². The molecule has 0 unspecified atom stereocenters. The molecule has 1 saturated heterocycles. The maximum atomic E-state index is 12.9. The third-order valence-corrected chi connectivity index (χ3v) is 4.81. The Hall–Kier alpha value is -2.14. The topological polar surface area (TPSA) is 56.2 Å². The van der Waals surface area contributed by atoms with E-state index in [2.05, 4.69) is 38.2 Å². The van der Waals surface area contributed by atoms with Gasteiger partial charge in [0.15, 0.2) is 0 Å². The van der Waals surface area contributed by atoms with Gasteiger partial charge in [-0.15, -0.1) is 0 Å². The van der Waals surface area contributed by atoms with Crippen molar-refractivity contribution in [1.82, 2.24) is 15.1 Å². The Morgan fingerprint density at radius 1 is 1.31 bits per heavy atom. The lowest BCUT2D eigenvalue weighted by Crippen LogP contribution is -2.32. The third-order valence-electron chi connectivity index (χ3n) is 4.81. The number of aryl methyl sites for hydroxylation is 1. The molecule has 0 aliphatic carbocycles. The summed E-state index contributed by atoms with van der Waals surface area (Å²) in [6.07, 6.45) is 3.01. The molecular formula is C21H29N3O2. The molecule has 1 atom stereocenters. The summed E-state index contributed by atoms with van der Waals surface area (Å²) in [6.45, 7) is 9.69. The van der Waals surface area contributed by atoms with Crippen LogP contribution < -0.4 is 5.32 Å². The zero-order valence-electron chi connectivity index (χ0n) is 16.2. The van der Waals surface area contributed by atoms with Crippen molar-refractivity contribution in [2.45, 2.75) is 53.1 Å². The molecule has 1 aromatic heterocycles. The maximum absolute atomic E-state index is 12.9. The molecule has 0 radical (unpaired) electrons. The molecule has 1 aliphatic heterocycles. The van der Waals surface area contributed by atoms with E-state index < -0.39 is 0 Å². The summed E-state index contributed by atoms with van der Waals surface area (Å²) < 4.78 is 7.50. The molecule has 1 amide bonds. The number of rotatable bonds is 6. The predicted octanol–water partition coefficient (Wildman–Crippen LogP) is 3.60. The smallest absolute Gasteiger partial charge is 0.255 e. The quantitative estimate of drug-likeness (QED) is 0.861. The van der Waals surface area contributed by atoms with Crippen LogP contribution in [0.1, 0.15) is 54.0 Å². The van der Waals surface area contributed by atoms with Crippen molar-refractivity contribution in [3.63, 3.8) is 0 Å². The van der Waals surface area contributed by atoms with Crippen molar-refractivity contribution in [2.75, 3.05) is 13.2 Å². The molecule has 1 N–H and O–H groups in total. The van der Waals surface area contributed by atoms with Crippen LogP contribution >= 0.6 is 0 Å². The number of hydrogen-bond donors (Lipinski definition) is 1. The SMILES string of the molecule is Cc1ccc(-n2nc(CC(C)C)c(C(=O)NC[C@@H]3CCCO3)c2C)cc1. The van der Waals surface area contributed by atoms with Gasteiger partial charge in [0.05, 0.1) is 28.7 Å². The predicted molar refractivity (Wildman–Crippen MR) is 103 cm³/mol. The molecule has 5 nitrogen and oxygen atoms in total. The monoisotopic (exact) mass is 355 g/mol. The average molecular weight is 355 g/mol. The van der Waals surface area contributed by atoms with E-state index in [9.17, 15) is 4.79 Å². The molecule has 26 heavy (non-hydrogen) atoms. The number of nitrogens with one attached hydrogen (secondary N) is 1. The minimum absolute atomic E-state index is 0.0491. The molecule has 0 bridgehead atoms. The van der Waals surface area contributed by atoms with Gasteiger partial charge in [0.1, 0.15) is 0 Å². The van der Waals surface area contributed by atoms with Gasteiger partial charge in [-0.2, -0.15) is 5.10 Å². The fourth-order valence-corrected chi connectivity index (χ4v) is 3.42. The van der Waals surface area contributed by atoms with Gasteiger partial charge in [-0.25, -0.2) is 4.68 Å². The second-order valence-electron chi connectivity index (χ2n) is 7.60. The summed E-state index contributed by atoms with van der Waals surface area (Å²) in [4.78, 5) is 12.9. The van der Waals surface area contributed by atoms with Gasteiger partial charge in [0, 0.05) is 13.2 Å². The highest BCUT2D eigenvalue weighted by Gasteiger charge is 2.24. The number of nitrogens with zero attached hydrogens (tertiary/aromatic N) is 2. The van der Waals surface area contributed by atoms with Crippen LogP contribution in [-0.2, 0) is 11.2 Å². The first-order valence-corrected chi connectivity index (χ1v) is 9.51. The van der Waals surface area contributed by atoms with Gasteiger partial charge in [0.25, 0.3) is 5.91 Å². The van der Waals surface area contributed by atoms with Crippen LogP contribution in [0.3, 0.4) is 0 Å². The average Bonchev–Trinajstić information content (AvgIpc) is 3.21. The number of carbonyl (C=O) groups is 1. The van der Waals surface area contributed by atoms with Crippen molar-refractivity contribution in [3.05, 3.63) is 46.8 Å².